The maximum Gasteiger partial charge on any atom is 0.237 e. The molecule has 1 amide bonds. The highest BCUT2D eigenvalue weighted by atomic mass is 32.2. The van der Waals surface area contributed by atoms with Crippen molar-refractivity contribution in [2.24, 2.45) is 0 Å². The van der Waals surface area contributed by atoms with Crippen molar-refractivity contribution in [2.75, 3.05) is 5.32 Å². The summed E-state index contributed by atoms with van der Waals surface area (Å²) >= 11 is 1.59. The number of rotatable bonds is 4. The van der Waals surface area contributed by atoms with Crippen LogP contribution in [0.25, 0.3) is 0 Å². The van der Waals surface area contributed by atoms with E-state index in [-0.39, 0.29) is 11.2 Å². The standard InChI is InChI=1S/C17H19NOS/c1-12-9-10-16(13(2)11-12)20-14(3)17(19)18-15-7-5-4-6-8-15/h4-11,14H,1-3H3,(H,18,19)/t14-/m1/s1. The first-order valence-corrected chi connectivity index (χ1v) is 7.54. The summed E-state index contributed by atoms with van der Waals surface area (Å²) in [5.41, 5.74) is 3.30. The zero-order valence-corrected chi connectivity index (χ0v) is 12.8. The van der Waals surface area contributed by atoms with Gasteiger partial charge in [0.25, 0.3) is 0 Å². The largest absolute Gasteiger partial charge is 0.325 e. The monoisotopic (exact) mass is 285 g/mol. The Balaban J connectivity index is 2.00. The second kappa shape index (κ2) is 6.62. The van der Waals surface area contributed by atoms with Gasteiger partial charge in [0.15, 0.2) is 0 Å². The van der Waals surface area contributed by atoms with Gasteiger partial charge in [0.05, 0.1) is 5.25 Å². The first-order valence-electron chi connectivity index (χ1n) is 6.66. The van der Waals surface area contributed by atoms with Gasteiger partial charge in [0.2, 0.25) is 5.91 Å². The van der Waals surface area contributed by atoms with E-state index < -0.39 is 0 Å². The van der Waals surface area contributed by atoms with Crippen molar-refractivity contribution < 1.29 is 4.79 Å². The molecule has 0 saturated carbocycles. The van der Waals surface area contributed by atoms with Crippen LogP contribution < -0.4 is 5.32 Å². The smallest absolute Gasteiger partial charge is 0.237 e. The molecule has 0 saturated heterocycles. The number of carbonyl (C=O) groups excluding carboxylic acids is 1. The number of hydrogen-bond acceptors (Lipinski definition) is 2. The van der Waals surface area contributed by atoms with E-state index in [1.807, 2.05) is 37.3 Å². The lowest BCUT2D eigenvalue weighted by Crippen LogP contribution is -2.22. The van der Waals surface area contributed by atoms with Crippen LogP contribution in [0.3, 0.4) is 0 Å². The summed E-state index contributed by atoms with van der Waals surface area (Å²) in [4.78, 5) is 13.3. The number of aryl methyl sites for hydroxylation is 2. The van der Waals surface area contributed by atoms with Crippen molar-refractivity contribution in [1.29, 1.82) is 0 Å². The number of anilines is 1. The van der Waals surface area contributed by atoms with Crippen LogP contribution in [0.4, 0.5) is 5.69 Å². The van der Waals surface area contributed by atoms with E-state index in [1.165, 1.54) is 11.1 Å². The Hall–Kier alpha value is -1.74. The van der Waals surface area contributed by atoms with Gasteiger partial charge in [-0.05, 0) is 44.5 Å². The lowest BCUT2D eigenvalue weighted by Gasteiger charge is -2.13. The molecular weight excluding hydrogens is 266 g/mol. The highest BCUT2D eigenvalue weighted by molar-refractivity contribution is 8.00. The quantitative estimate of drug-likeness (QED) is 0.842. The van der Waals surface area contributed by atoms with Crippen molar-refractivity contribution in [3.05, 3.63) is 59.7 Å². The fourth-order valence-electron chi connectivity index (χ4n) is 1.94. The molecule has 104 valence electrons. The third kappa shape index (κ3) is 3.87. The topological polar surface area (TPSA) is 29.1 Å². The first kappa shape index (κ1) is 14.7. The van der Waals surface area contributed by atoms with E-state index in [0.29, 0.717) is 0 Å². The zero-order valence-electron chi connectivity index (χ0n) is 12.0. The minimum atomic E-state index is -0.128. The van der Waals surface area contributed by atoms with Gasteiger partial charge in [-0.2, -0.15) is 0 Å². The summed E-state index contributed by atoms with van der Waals surface area (Å²) in [6.45, 7) is 6.09. The zero-order chi connectivity index (χ0) is 14.5. The van der Waals surface area contributed by atoms with E-state index in [9.17, 15) is 4.79 Å². The minimum absolute atomic E-state index is 0.0289. The summed E-state index contributed by atoms with van der Waals surface area (Å²) in [7, 11) is 0. The summed E-state index contributed by atoms with van der Waals surface area (Å²) in [6, 6.07) is 15.9. The van der Waals surface area contributed by atoms with Crippen LogP contribution in [-0.2, 0) is 4.79 Å². The molecule has 0 aliphatic rings. The predicted octanol–water partition coefficient (Wildman–Crippen LogP) is 4.42. The van der Waals surface area contributed by atoms with E-state index in [2.05, 4.69) is 37.4 Å². The van der Waals surface area contributed by atoms with E-state index in [4.69, 9.17) is 0 Å². The third-order valence-electron chi connectivity index (χ3n) is 3.04. The SMILES string of the molecule is Cc1ccc(S[C@H](C)C(=O)Nc2ccccc2)c(C)c1. The molecule has 2 rings (SSSR count). The van der Waals surface area contributed by atoms with Crippen molar-refractivity contribution >= 4 is 23.4 Å². The number of benzene rings is 2. The number of para-hydroxylation sites is 1. The van der Waals surface area contributed by atoms with Crippen LogP contribution in [0.15, 0.2) is 53.4 Å². The van der Waals surface area contributed by atoms with E-state index in [1.54, 1.807) is 11.8 Å². The molecule has 20 heavy (non-hydrogen) atoms. The van der Waals surface area contributed by atoms with Gasteiger partial charge >= 0.3 is 0 Å². The van der Waals surface area contributed by atoms with Gasteiger partial charge in [0.1, 0.15) is 0 Å². The minimum Gasteiger partial charge on any atom is -0.325 e. The molecule has 0 aliphatic heterocycles. The maximum absolute atomic E-state index is 12.2. The molecule has 0 bridgehead atoms. The third-order valence-corrected chi connectivity index (χ3v) is 4.32. The van der Waals surface area contributed by atoms with Crippen molar-refractivity contribution in [2.45, 2.75) is 30.9 Å². The maximum atomic E-state index is 12.2. The second-order valence-corrected chi connectivity index (χ2v) is 6.27. The molecular formula is C17H19NOS. The molecule has 1 atom stereocenters. The molecule has 0 aromatic heterocycles. The Morgan fingerprint density at radius 1 is 1.10 bits per heavy atom. The van der Waals surface area contributed by atoms with Gasteiger partial charge in [-0.25, -0.2) is 0 Å². The Bertz CT molecular complexity index is 595. The average molecular weight is 285 g/mol. The van der Waals surface area contributed by atoms with E-state index in [0.717, 1.165) is 10.6 Å². The molecule has 0 spiro atoms. The number of thioether (sulfide) groups is 1. The number of hydrogen-bond donors (Lipinski definition) is 1. The number of carbonyl (C=O) groups is 1. The van der Waals surface area contributed by atoms with Gasteiger partial charge < -0.3 is 5.32 Å². The Morgan fingerprint density at radius 2 is 1.80 bits per heavy atom. The van der Waals surface area contributed by atoms with Crippen LogP contribution in [-0.4, -0.2) is 11.2 Å². The summed E-state index contributed by atoms with van der Waals surface area (Å²) in [6.07, 6.45) is 0. The predicted molar refractivity (Wildman–Crippen MR) is 86.3 cm³/mol. The summed E-state index contributed by atoms with van der Waals surface area (Å²) in [5.74, 6) is 0.0289. The Kier molecular flexibility index (Phi) is 4.85. The van der Waals surface area contributed by atoms with Crippen LogP contribution in [0.5, 0.6) is 0 Å². The van der Waals surface area contributed by atoms with Crippen LogP contribution in [0, 0.1) is 13.8 Å². The summed E-state index contributed by atoms with van der Waals surface area (Å²) in [5, 5.41) is 2.80. The van der Waals surface area contributed by atoms with Gasteiger partial charge in [-0.15, -0.1) is 11.8 Å². The highest BCUT2D eigenvalue weighted by Gasteiger charge is 2.15. The fraction of sp³-hybridized carbons (Fsp3) is 0.235. The van der Waals surface area contributed by atoms with Crippen LogP contribution in [0.1, 0.15) is 18.1 Å². The van der Waals surface area contributed by atoms with Gasteiger partial charge in [-0.1, -0.05) is 35.9 Å². The summed E-state index contributed by atoms with van der Waals surface area (Å²) < 4.78 is 0. The fourth-order valence-corrected chi connectivity index (χ4v) is 2.88. The molecule has 0 aliphatic carbocycles. The molecule has 2 aromatic rings. The van der Waals surface area contributed by atoms with Gasteiger partial charge in [0, 0.05) is 10.6 Å². The molecule has 2 aromatic carbocycles. The molecule has 1 N–H and O–H groups in total. The van der Waals surface area contributed by atoms with Crippen molar-refractivity contribution in [3.63, 3.8) is 0 Å². The van der Waals surface area contributed by atoms with Gasteiger partial charge in [-0.3, -0.25) is 4.79 Å². The highest BCUT2D eigenvalue weighted by Crippen LogP contribution is 2.27. The lowest BCUT2D eigenvalue weighted by molar-refractivity contribution is -0.115. The molecule has 3 heteroatoms. The Morgan fingerprint density at radius 3 is 2.45 bits per heavy atom. The number of nitrogens with one attached hydrogen (secondary N) is 1. The lowest BCUT2D eigenvalue weighted by atomic mass is 10.2. The van der Waals surface area contributed by atoms with Crippen LogP contribution in [0.2, 0.25) is 0 Å². The van der Waals surface area contributed by atoms with E-state index >= 15 is 0 Å². The molecule has 0 fully saturated rings. The molecule has 2 nitrogen and oxygen atoms in total. The second-order valence-electron chi connectivity index (χ2n) is 4.88. The molecule has 0 radical (unpaired) electrons. The first-order chi connectivity index (χ1) is 9.56. The normalized spacial score (nSPS) is 11.9. The van der Waals surface area contributed by atoms with Crippen molar-refractivity contribution in [3.8, 4) is 0 Å². The Labute approximate surface area is 124 Å². The van der Waals surface area contributed by atoms with Crippen molar-refractivity contribution in [1.82, 2.24) is 0 Å². The average Bonchev–Trinajstić information content (AvgIpc) is 2.43. The molecule has 0 unspecified atom stereocenters. The molecule has 0 heterocycles. The van der Waals surface area contributed by atoms with Crippen LogP contribution >= 0.6 is 11.8 Å². The number of amides is 1.